The molecule has 1 N–H and O–H groups in total. The number of rotatable bonds is 1. The van der Waals surface area contributed by atoms with Crippen LogP contribution < -0.4 is 10.2 Å². The van der Waals surface area contributed by atoms with Crippen molar-refractivity contribution in [3.63, 3.8) is 0 Å². The Morgan fingerprint density at radius 3 is 2.67 bits per heavy atom. The van der Waals surface area contributed by atoms with E-state index in [1.165, 1.54) is 11.3 Å². The second-order valence-corrected chi connectivity index (χ2v) is 3.85. The first-order valence-corrected chi connectivity index (χ1v) is 5.27. The monoisotopic (exact) mass is 201 g/mol. The lowest BCUT2D eigenvalue weighted by Crippen LogP contribution is -2.43. The minimum Gasteiger partial charge on any atom is -0.369 e. The lowest BCUT2D eigenvalue weighted by atomic mass is 10.1. The Kier molecular flexibility index (Phi) is 2.89. The minimum absolute atomic E-state index is 0.742. The van der Waals surface area contributed by atoms with Crippen LogP contribution in [0.1, 0.15) is 11.1 Å². The Labute approximate surface area is 90.3 Å². The van der Waals surface area contributed by atoms with E-state index in [1.54, 1.807) is 0 Å². The maximum atomic E-state index is 8.79. The van der Waals surface area contributed by atoms with Gasteiger partial charge in [-0.15, -0.1) is 0 Å². The summed E-state index contributed by atoms with van der Waals surface area (Å²) < 4.78 is 0. The Bertz CT molecular complexity index is 386. The van der Waals surface area contributed by atoms with Crippen molar-refractivity contribution < 1.29 is 0 Å². The average Bonchev–Trinajstić information content (AvgIpc) is 2.30. The summed E-state index contributed by atoms with van der Waals surface area (Å²) in [6, 6.07) is 8.07. The first-order valence-electron chi connectivity index (χ1n) is 5.27. The zero-order valence-corrected chi connectivity index (χ0v) is 8.95. The fourth-order valence-electron chi connectivity index (χ4n) is 1.99. The molecule has 15 heavy (non-hydrogen) atoms. The van der Waals surface area contributed by atoms with Gasteiger partial charge in [0.25, 0.3) is 0 Å². The van der Waals surface area contributed by atoms with E-state index >= 15 is 0 Å². The van der Waals surface area contributed by atoms with Crippen LogP contribution in [0.25, 0.3) is 0 Å². The summed E-state index contributed by atoms with van der Waals surface area (Å²) in [7, 11) is 0. The van der Waals surface area contributed by atoms with Gasteiger partial charge in [-0.3, -0.25) is 0 Å². The molecule has 0 amide bonds. The fraction of sp³-hybridized carbons (Fsp3) is 0.417. The van der Waals surface area contributed by atoms with Crippen LogP contribution >= 0.6 is 0 Å². The molecule has 1 fully saturated rings. The Balaban J connectivity index is 2.24. The van der Waals surface area contributed by atoms with Crippen LogP contribution in [0, 0.1) is 18.3 Å². The van der Waals surface area contributed by atoms with E-state index in [1.807, 2.05) is 12.1 Å². The third-order valence-electron chi connectivity index (χ3n) is 2.78. The summed E-state index contributed by atoms with van der Waals surface area (Å²) in [6.45, 7) is 6.25. The van der Waals surface area contributed by atoms with Crippen LogP contribution in [0.3, 0.4) is 0 Å². The van der Waals surface area contributed by atoms with Crippen LogP contribution in [0.4, 0.5) is 5.69 Å². The van der Waals surface area contributed by atoms with Crippen LogP contribution in [-0.4, -0.2) is 26.2 Å². The van der Waals surface area contributed by atoms with Crippen molar-refractivity contribution in [2.45, 2.75) is 6.92 Å². The number of nitrogens with zero attached hydrogens (tertiary/aromatic N) is 2. The zero-order valence-electron chi connectivity index (χ0n) is 8.95. The molecule has 2 rings (SSSR count). The van der Waals surface area contributed by atoms with Gasteiger partial charge >= 0.3 is 0 Å². The predicted octanol–water partition coefficient (Wildman–Crippen LogP) is 1.28. The largest absolute Gasteiger partial charge is 0.369 e. The maximum absolute atomic E-state index is 8.79. The second kappa shape index (κ2) is 4.33. The fourth-order valence-corrected chi connectivity index (χ4v) is 1.99. The summed E-state index contributed by atoms with van der Waals surface area (Å²) in [5.74, 6) is 0. The summed E-state index contributed by atoms with van der Waals surface area (Å²) in [6.07, 6.45) is 0. The molecule has 1 aliphatic heterocycles. The van der Waals surface area contributed by atoms with E-state index in [0.29, 0.717) is 0 Å². The van der Waals surface area contributed by atoms with Crippen LogP contribution in [-0.2, 0) is 0 Å². The number of hydrogen-bond donors (Lipinski definition) is 1. The molecule has 3 nitrogen and oxygen atoms in total. The molecule has 1 aromatic carbocycles. The van der Waals surface area contributed by atoms with Crippen molar-refractivity contribution in [1.29, 1.82) is 5.26 Å². The van der Waals surface area contributed by atoms with Gasteiger partial charge < -0.3 is 10.2 Å². The molecule has 1 aliphatic rings. The zero-order chi connectivity index (χ0) is 10.7. The summed E-state index contributed by atoms with van der Waals surface area (Å²) in [4.78, 5) is 2.37. The highest BCUT2D eigenvalue weighted by molar-refractivity contribution is 5.56. The normalized spacial score (nSPS) is 16.1. The first kappa shape index (κ1) is 10.0. The topological polar surface area (TPSA) is 39.1 Å². The highest BCUT2D eigenvalue weighted by atomic mass is 15.2. The predicted molar refractivity (Wildman–Crippen MR) is 61.0 cm³/mol. The van der Waals surface area contributed by atoms with Gasteiger partial charge in [0.15, 0.2) is 0 Å². The number of benzene rings is 1. The Morgan fingerprint density at radius 1 is 1.33 bits per heavy atom. The highest BCUT2D eigenvalue weighted by Crippen LogP contribution is 2.21. The third-order valence-corrected chi connectivity index (χ3v) is 2.78. The molecule has 0 unspecified atom stereocenters. The first-order chi connectivity index (χ1) is 7.31. The Morgan fingerprint density at radius 2 is 2.07 bits per heavy atom. The van der Waals surface area contributed by atoms with E-state index in [-0.39, 0.29) is 0 Å². The maximum Gasteiger partial charge on any atom is 0.0991 e. The van der Waals surface area contributed by atoms with E-state index in [0.717, 1.165) is 31.7 Å². The van der Waals surface area contributed by atoms with E-state index in [9.17, 15) is 0 Å². The van der Waals surface area contributed by atoms with Crippen molar-refractivity contribution in [3.8, 4) is 6.07 Å². The molecule has 0 aromatic heterocycles. The van der Waals surface area contributed by atoms with Crippen molar-refractivity contribution in [2.75, 3.05) is 31.1 Å². The van der Waals surface area contributed by atoms with Crippen molar-refractivity contribution in [3.05, 3.63) is 29.3 Å². The number of hydrogen-bond acceptors (Lipinski definition) is 3. The molecular formula is C12H15N3. The molecule has 78 valence electrons. The molecule has 1 saturated heterocycles. The van der Waals surface area contributed by atoms with Crippen molar-refractivity contribution >= 4 is 5.69 Å². The Hall–Kier alpha value is -1.53. The molecule has 0 saturated carbocycles. The van der Waals surface area contributed by atoms with Crippen LogP contribution in [0.5, 0.6) is 0 Å². The molecule has 0 spiro atoms. The van der Waals surface area contributed by atoms with Crippen LogP contribution in [0.2, 0.25) is 0 Å². The van der Waals surface area contributed by atoms with E-state index in [2.05, 4.69) is 29.3 Å². The van der Waals surface area contributed by atoms with Gasteiger partial charge in [-0.2, -0.15) is 5.26 Å². The van der Waals surface area contributed by atoms with Crippen LogP contribution in [0.15, 0.2) is 18.2 Å². The van der Waals surface area contributed by atoms with Gasteiger partial charge in [-0.25, -0.2) is 0 Å². The standard InChI is InChI=1S/C12H15N3/c1-10-8-11(9-13)2-3-12(10)15-6-4-14-5-7-15/h2-3,8,14H,4-7H2,1H3. The number of aryl methyl sites for hydroxylation is 1. The SMILES string of the molecule is Cc1cc(C#N)ccc1N1CCNCC1. The lowest BCUT2D eigenvalue weighted by Gasteiger charge is -2.30. The molecule has 0 radical (unpaired) electrons. The third kappa shape index (κ3) is 2.11. The smallest absolute Gasteiger partial charge is 0.0991 e. The van der Waals surface area contributed by atoms with Gasteiger partial charge in [0.1, 0.15) is 0 Å². The van der Waals surface area contributed by atoms with Gasteiger partial charge in [0.2, 0.25) is 0 Å². The number of piperazine rings is 1. The number of nitriles is 1. The van der Waals surface area contributed by atoms with E-state index < -0.39 is 0 Å². The van der Waals surface area contributed by atoms with Gasteiger partial charge in [0, 0.05) is 31.9 Å². The lowest BCUT2D eigenvalue weighted by molar-refractivity contribution is 0.588. The van der Waals surface area contributed by atoms with Gasteiger partial charge in [0.05, 0.1) is 11.6 Å². The molecular weight excluding hydrogens is 186 g/mol. The molecule has 1 aromatic rings. The van der Waals surface area contributed by atoms with Gasteiger partial charge in [-0.1, -0.05) is 0 Å². The minimum atomic E-state index is 0.742. The summed E-state index contributed by atoms with van der Waals surface area (Å²) in [5, 5.41) is 12.1. The quantitative estimate of drug-likeness (QED) is 0.744. The van der Waals surface area contributed by atoms with Crippen molar-refractivity contribution in [2.24, 2.45) is 0 Å². The molecule has 0 aliphatic carbocycles. The van der Waals surface area contributed by atoms with E-state index in [4.69, 9.17) is 5.26 Å². The van der Waals surface area contributed by atoms with Crippen molar-refractivity contribution in [1.82, 2.24) is 5.32 Å². The number of anilines is 1. The summed E-state index contributed by atoms with van der Waals surface area (Å²) in [5.41, 5.74) is 3.19. The van der Waals surface area contributed by atoms with Gasteiger partial charge in [-0.05, 0) is 30.7 Å². The highest BCUT2D eigenvalue weighted by Gasteiger charge is 2.12. The molecule has 0 bridgehead atoms. The molecule has 0 atom stereocenters. The molecule has 3 heteroatoms. The second-order valence-electron chi connectivity index (χ2n) is 3.85. The summed E-state index contributed by atoms with van der Waals surface area (Å²) >= 11 is 0. The number of nitrogens with one attached hydrogen (secondary N) is 1. The molecule has 1 heterocycles. The average molecular weight is 201 g/mol.